The molecule has 1 aliphatic heterocycles. The van der Waals surface area contributed by atoms with E-state index in [4.69, 9.17) is 0 Å². The zero-order valence-corrected chi connectivity index (χ0v) is 11.0. The Kier molecular flexibility index (Phi) is 3.84. The molecule has 2 aliphatic rings. The number of aromatic nitrogens is 2. The van der Waals surface area contributed by atoms with E-state index in [2.05, 4.69) is 26.9 Å². The molecule has 100 valence electrons. The van der Waals surface area contributed by atoms with Crippen LogP contribution in [0.5, 0.6) is 0 Å². The topological polar surface area (TPSA) is 52.7 Å². The summed E-state index contributed by atoms with van der Waals surface area (Å²) >= 11 is 0. The van der Waals surface area contributed by atoms with Gasteiger partial charge in [-0.05, 0) is 38.8 Å². The van der Waals surface area contributed by atoms with Crippen LogP contribution < -0.4 is 10.6 Å². The quantitative estimate of drug-likeness (QED) is 0.770. The lowest BCUT2D eigenvalue weighted by molar-refractivity contribution is 0.436. The van der Waals surface area contributed by atoms with Gasteiger partial charge in [0.2, 0.25) is 0 Å². The van der Waals surface area contributed by atoms with Gasteiger partial charge in [0.1, 0.15) is 5.82 Å². The number of H-pyrrole nitrogens is 1. The van der Waals surface area contributed by atoms with Crippen LogP contribution in [-0.4, -0.2) is 29.3 Å². The van der Waals surface area contributed by atoms with Gasteiger partial charge in [0, 0.05) is 23.7 Å². The molecule has 0 spiro atoms. The van der Waals surface area contributed by atoms with E-state index < -0.39 is 0 Å². The first kappa shape index (κ1) is 12.0. The molecule has 4 heteroatoms. The molecule has 3 rings (SSSR count). The summed E-state index contributed by atoms with van der Waals surface area (Å²) in [5, 5.41) is 14.6. The van der Waals surface area contributed by atoms with Gasteiger partial charge in [-0.2, -0.15) is 5.10 Å². The number of piperidine rings is 1. The predicted molar refractivity (Wildman–Crippen MR) is 73.9 cm³/mol. The van der Waals surface area contributed by atoms with Crippen LogP contribution >= 0.6 is 0 Å². The van der Waals surface area contributed by atoms with Crippen LogP contribution in [0.1, 0.15) is 56.6 Å². The maximum Gasteiger partial charge on any atom is 0.148 e. The van der Waals surface area contributed by atoms with Gasteiger partial charge in [0.05, 0.1) is 0 Å². The summed E-state index contributed by atoms with van der Waals surface area (Å²) < 4.78 is 0. The van der Waals surface area contributed by atoms with Crippen LogP contribution in [0.3, 0.4) is 0 Å². The van der Waals surface area contributed by atoms with Crippen LogP contribution in [0.2, 0.25) is 0 Å². The van der Waals surface area contributed by atoms with Crippen molar-refractivity contribution >= 4 is 5.82 Å². The average Bonchev–Trinajstić information content (AvgIpc) is 2.89. The summed E-state index contributed by atoms with van der Waals surface area (Å²) in [7, 11) is 0. The second kappa shape index (κ2) is 5.74. The smallest absolute Gasteiger partial charge is 0.148 e. The highest BCUT2D eigenvalue weighted by atomic mass is 15.2. The number of hydrogen-bond donors (Lipinski definition) is 3. The third-order valence-corrected chi connectivity index (χ3v) is 4.33. The Morgan fingerprint density at radius 3 is 2.61 bits per heavy atom. The summed E-state index contributed by atoms with van der Waals surface area (Å²) in [5.74, 6) is 1.76. The van der Waals surface area contributed by atoms with Crippen molar-refractivity contribution in [3.8, 4) is 0 Å². The number of anilines is 1. The van der Waals surface area contributed by atoms with Crippen LogP contribution in [0.15, 0.2) is 6.07 Å². The van der Waals surface area contributed by atoms with Gasteiger partial charge in [0.15, 0.2) is 0 Å². The monoisotopic (exact) mass is 248 g/mol. The number of nitrogens with zero attached hydrogens (tertiary/aromatic N) is 1. The van der Waals surface area contributed by atoms with Crippen molar-refractivity contribution < 1.29 is 0 Å². The van der Waals surface area contributed by atoms with Crippen molar-refractivity contribution in [3.05, 3.63) is 11.8 Å². The minimum absolute atomic E-state index is 0.591. The Morgan fingerprint density at radius 2 is 1.83 bits per heavy atom. The molecule has 2 fully saturated rings. The summed E-state index contributed by atoms with van der Waals surface area (Å²) in [6.45, 7) is 2.25. The fourth-order valence-corrected chi connectivity index (χ4v) is 3.21. The fraction of sp³-hybridized carbons (Fsp3) is 0.786. The van der Waals surface area contributed by atoms with E-state index in [0.29, 0.717) is 6.04 Å². The molecule has 1 aromatic rings. The normalized spacial score (nSPS) is 23.1. The van der Waals surface area contributed by atoms with E-state index in [9.17, 15) is 0 Å². The average molecular weight is 248 g/mol. The standard InChI is InChI=1S/C14H24N4/c1-2-4-11(5-3-1)13-10-14(18-17-13)16-12-6-8-15-9-7-12/h10-12,15H,1-9H2,(H2,16,17,18). The molecule has 0 unspecified atom stereocenters. The van der Waals surface area contributed by atoms with Crippen LogP contribution in [0, 0.1) is 0 Å². The number of aromatic amines is 1. The Bertz CT molecular complexity index is 362. The molecule has 0 radical (unpaired) electrons. The number of nitrogens with one attached hydrogen (secondary N) is 3. The van der Waals surface area contributed by atoms with Crippen molar-refractivity contribution in [2.75, 3.05) is 18.4 Å². The van der Waals surface area contributed by atoms with Crippen molar-refractivity contribution in [3.63, 3.8) is 0 Å². The SMILES string of the molecule is c1c(NC2CCNCC2)n[nH]c1C1CCCCC1. The Balaban J connectivity index is 1.58. The highest BCUT2D eigenvalue weighted by Gasteiger charge is 2.19. The Hall–Kier alpha value is -1.03. The molecule has 0 atom stereocenters. The van der Waals surface area contributed by atoms with Gasteiger partial charge in [-0.3, -0.25) is 5.10 Å². The molecular formula is C14H24N4. The lowest BCUT2D eigenvalue weighted by Crippen LogP contribution is -2.35. The molecule has 2 heterocycles. The van der Waals surface area contributed by atoms with Gasteiger partial charge in [-0.15, -0.1) is 0 Å². The lowest BCUT2D eigenvalue weighted by Gasteiger charge is -2.23. The minimum Gasteiger partial charge on any atom is -0.366 e. The third-order valence-electron chi connectivity index (χ3n) is 4.33. The molecule has 1 aromatic heterocycles. The zero-order valence-electron chi connectivity index (χ0n) is 11.0. The molecular weight excluding hydrogens is 224 g/mol. The summed E-state index contributed by atoms with van der Waals surface area (Å²) in [6.07, 6.45) is 9.22. The van der Waals surface area contributed by atoms with Gasteiger partial charge < -0.3 is 10.6 Å². The molecule has 0 bridgehead atoms. The summed E-state index contributed by atoms with van der Waals surface area (Å²) in [6, 6.07) is 2.83. The van der Waals surface area contributed by atoms with Gasteiger partial charge >= 0.3 is 0 Å². The van der Waals surface area contributed by atoms with Crippen LogP contribution in [0.4, 0.5) is 5.82 Å². The van der Waals surface area contributed by atoms with E-state index in [0.717, 1.165) is 24.8 Å². The van der Waals surface area contributed by atoms with Crippen molar-refractivity contribution in [1.29, 1.82) is 0 Å². The van der Waals surface area contributed by atoms with Gasteiger partial charge in [-0.25, -0.2) is 0 Å². The molecule has 0 amide bonds. The molecule has 18 heavy (non-hydrogen) atoms. The van der Waals surface area contributed by atoms with E-state index >= 15 is 0 Å². The summed E-state index contributed by atoms with van der Waals surface area (Å²) in [4.78, 5) is 0. The molecule has 1 aliphatic carbocycles. The molecule has 3 N–H and O–H groups in total. The van der Waals surface area contributed by atoms with Crippen LogP contribution in [0.25, 0.3) is 0 Å². The van der Waals surface area contributed by atoms with E-state index in [1.807, 2.05) is 0 Å². The minimum atomic E-state index is 0.591. The number of hydrogen-bond acceptors (Lipinski definition) is 3. The van der Waals surface area contributed by atoms with E-state index in [1.165, 1.54) is 50.6 Å². The highest BCUT2D eigenvalue weighted by molar-refractivity contribution is 5.37. The lowest BCUT2D eigenvalue weighted by atomic mass is 9.87. The molecule has 0 aromatic carbocycles. The maximum atomic E-state index is 4.43. The molecule has 4 nitrogen and oxygen atoms in total. The van der Waals surface area contributed by atoms with Crippen molar-refractivity contribution in [1.82, 2.24) is 15.5 Å². The first-order valence-corrected chi connectivity index (χ1v) is 7.44. The third kappa shape index (κ3) is 2.86. The fourth-order valence-electron chi connectivity index (χ4n) is 3.21. The van der Waals surface area contributed by atoms with E-state index in [1.54, 1.807) is 0 Å². The summed E-state index contributed by atoms with van der Waals surface area (Å²) in [5.41, 5.74) is 1.34. The van der Waals surface area contributed by atoms with Gasteiger partial charge in [0.25, 0.3) is 0 Å². The first-order chi connectivity index (χ1) is 8.92. The second-order valence-corrected chi connectivity index (χ2v) is 5.71. The zero-order chi connectivity index (χ0) is 12.2. The molecule has 1 saturated carbocycles. The maximum absolute atomic E-state index is 4.43. The number of rotatable bonds is 3. The predicted octanol–water partition coefficient (Wildman–Crippen LogP) is 2.62. The highest BCUT2D eigenvalue weighted by Crippen LogP contribution is 2.32. The Morgan fingerprint density at radius 1 is 1.06 bits per heavy atom. The largest absolute Gasteiger partial charge is 0.366 e. The Labute approximate surface area is 109 Å². The molecule has 1 saturated heterocycles. The van der Waals surface area contributed by atoms with Gasteiger partial charge in [-0.1, -0.05) is 19.3 Å². The second-order valence-electron chi connectivity index (χ2n) is 5.71. The first-order valence-electron chi connectivity index (χ1n) is 7.44. The van der Waals surface area contributed by atoms with Crippen LogP contribution in [-0.2, 0) is 0 Å². The van der Waals surface area contributed by atoms with Crippen molar-refractivity contribution in [2.24, 2.45) is 0 Å². The van der Waals surface area contributed by atoms with E-state index in [-0.39, 0.29) is 0 Å². The van der Waals surface area contributed by atoms with Crippen molar-refractivity contribution in [2.45, 2.75) is 56.9 Å².